The van der Waals surface area contributed by atoms with E-state index in [2.05, 4.69) is 0 Å². The second-order valence-corrected chi connectivity index (χ2v) is 0.849. The van der Waals surface area contributed by atoms with Crippen LogP contribution in [0, 0.1) is 0 Å². The molecular weight excluding hydrogens is 121 g/mol. The normalized spacial score (nSPS) is 8.33. The van der Waals surface area contributed by atoms with Gasteiger partial charge in [0.05, 0.1) is 0 Å². The summed E-state index contributed by atoms with van der Waals surface area (Å²) in [7, 11) is 0. The number of rotatable bonds is 1. The number of halogens is 2. The molecule has 0 amide bonds. The second kappa shape index (κ2) is 8.99. The summed E-state index contributed by atoms with van der Waals surface area (Å²) in [5.41, 5.74) is 6.37. The molecule has 2 N–H and O–H groups in total. The third-order valence-electron chi connectivity index (χ3n) is 0.225. The van der Waals surface area contributed by atoms with Crippen LogP contribution in [0.1, 0.15) is 0 Å². The predicted molar refractivity (Wildman–Crippen MR) is 31.3 cm³/mol. The average Bonchev–Trinajstić information content (AvgIpc) is 1.41. The van der Waals surface area contributed by atoms with Crippen molar-refractivity contribution in [1.29, 1.82) is 0 Å². The molecule has 0 rings (SSSR count). The molecule has 3 heteroatoms. The van der Waals surface area contributed by atoms with Crippen molar-refractivity contribution in [2.24, 2.45) is 5.73 Å². The monoisotopic (exact) mass is 127 g/mol. The van der Waals surface area contributed by atoms with Crippen LogP contribution < -0.4 is 5.73 Å². The maximum Gasteiger partial charge on any atom is 0.0118 e. The highest BCUT2D eigenvalue weighted by Crippen LogP contribution is 1.70. The molecule has 0 bridgehead atoms. The summed E-state index contributed by atoms with van der Waals surface area (Å²) in [4.78, 5) is 0. The average molecular weight is 128 g/mol. The summed E-state index contributed by atoms with van der Waals surface area (Å²) in [6.07, 6.45) is 1.67. The van der Waals surface area contributed by atoms with Crippen molar-refractivity contribution in [3.8, 4) is 0 Å². The first kappa shape index (κ1) is 9.56. The van der Waals surface area contributed by atoms with E-state index in [9.17, 15) is 0 Å². The van der Waals surface area contributed by atoms with E-state index in [0.717, 1.165) is 0 Å². The Labute approximate surface area is 48.6 Å². The highest BCUT2D eigenvalue weighted by atomic mass is 35.5. The van der Waals surface area contributed by atoms with Crippen LogP contribution in [0.4, 0.5) is 0 Å². The molecule has 0 aliphatic carbocycles. The fourth-order valence-electron chi connectivity index (χ4n) is 0.0514. The number of nitrogens with two attached hydrogens (primary N) is 1. The lowest BCUT2D eigenvalue weighted by Gasteiger charge is -1.65. The van der Waals surface area contributed by atoms with Crippen molar-refractivity contribution in [1.82, 2.24) is 0 Å². The molecule has 0 saturated heterocycles. The molecule has 6 heavy (non-hydrogen) atoms. The zero-order chi connectivity index (χ0) is 4.12. The molecule has 0 aliphatic heterocycles. The maximum atomic E-state index is 5.04. The van der Waals surface area contributed by atoms with Crippen LogP contribution in [-0.4, -0.2) is 6.54 Å². The second-order valence-electron chi connectivity index (χ2n) is 0.597. The Bertz CT molecular complexity index is 35.8. The molecule has 0 saturated carbocycles. The molecule has 0 spiro atoms. The highest BCUT2D eigenvalue weighted by Gasteiger charge is 1.53. The van der Waals surface area contributed by atoms with Gasteiger partial charge in [-0.05, 0) is 0 Å². The number of hydrogen-bond donors (Lipinski definition) is 1. The summed E-state index contributed by atoms with van der Waals surface area (Å²) >= 11 is 5.04. The van der Waals surface area contributed by atoms with Gasteiger partial charge in [-0.3, -0.25) is 0 Å². The lowest BCUT2D eigenvalue weighted by Crippen LogP contribution is -1.90. The topological polar surface area (TPSA) is 26.0 Å². The van der Waals surface area contributed by atoms with Crippen molar-refractivity contribution < 1.29 is 0 Å². The van der Waals surface area contributed by atoms with Crippen molar-refractivity contribution >= 4 is 24.0 Å². The van der Waals surface area contributed by atoms with Gasteiger partial charge in [-0.1, -0.05) is 17.7 Å². The minimum atomic E-state index is 0. The van der Waals surface area contributed by atoms with E-state index in [1.807, 2.05) is 0 Å². The van der Waals surface area contributed by atoms with E-state index in [-0.39, 0.29) is 12.4 Å². The molecule has 1 nitrogen and oxygen atoms in total. The standard InChI is InChI=1S/C3H6ClN.ClH/c4-2-1-3-5;/h1-2H,3,5H2;1H/b2-1+;. The van der Waals surface area contributed by atoms with E-state index in [1.54, 1.807) is 6.08 Å². The van der Waals surface area contributed by atoms with E-state index < -0.39 is 0 Å². The molecule has 0 heterocycles. The van der Waals surface area contributed by atoms with Gasteiger partial charge in [0, 0.05) is 12.1 Å². The van der Waals surface area contributed by atoms with Crippen LogP contribution in [0.2, 0.25) is 0 Å². The molecule has 38 valence electrons. The first-order valence-corrected chi connectivity index (χ1v) is 1.80. The maximum absolute atomic E-state index is 5.04. The first-order valence-electron chi connectivity index (χ1n) is 1.37. The fourth-order valence-corrected chi connectivity index (χ4v) is 0.154. The van der Waals surface area contributed by atoms with Gasteiger partial charge in [0.25, 0.3) is 0 Å². The van der Waals surface area contributed by atoms with Crippen LogP contribution in [0.15, 0.2) is 11.6 Å². The molecule has 0 aromatic rings. The molecule has 0 aromatic heterocycles. The summed E-state index contributed by atoms with van der Waals surface area (Å²) in [6.45, 7) is 0.531. The molecule has 0 atom stereocenters. The van der Waals surface area contributed by atoms with Gasteiger partial charge in [0.2, 0.25) is 0 Å². The van der Waals surface area contributed by atoms with Crippen LogP contribution >= 0.6 is 24.0 Å². The Kier molecular flexibility index (Phi) is 14.3. The Morgan fingerprint density at radius 2 is 2.17 bits per heavy atom. The Hall–Kier alpha value is 0.280. The Balaban J connectivity index is 0. The van der Waals surface area contributed by atoms with Crippen LogP contribution in [0.25, 0.3) is 0 Å². The summed E-state index contributed by atoms with van der Waals surface area (Å²) in [5.74, 6) is 0. The summed E-state index contributed by atoms with van der Waals surface area (Å²) in [5, 5.41) is 0. The van der Waals surface area contributed by atoms with Gasteiger partial charge in [-0.15, -0.1) is 12.4 Å². The smallest absolute Gasteiger partial charge is 0.0118 e. The fraction of sp³-hybridized carbons (Fsp3) is 0.333. The first-order chi connectivity index (χ1) is 2.41. The van der Waals surface area contributed by atoms with E-state index in [0.29, 0.717) is 6.54 Å². The van der Waals surface area contributed by atoms with Gasteiger partial charge in [0.1, 0.15) is 0 Å². The highest BCUT2D eigenvalue weighted by molar-refractivity contribution is 6.25. The summed E-state index contributed by atoms with van der Waals surface area (Å²) in [6, 6.07) is 0. The Morgan fingerprint density at radius 1 is 1.67 bits per heavy atom. The third-order valence-corrected chi connectivity index (χ3v) is 0.403. The third kappa shape index (κ3) is 8.86. The zero-order valence-corrected chi connectivity index (χ0v) is 4.80. The molecule has 0 aromatic carbocycles. The minimum Gasteiger partial charge on any atom is -0.327 e. The van der Waals surface area contributed by atoms with E-state index in [1.165, 1.54) is 5.54 Å². The van der Waals surface area contributed by atoms with E-state index >= 15 is 0 Å². The van der Waals surface area contributed by atoms with Crippen LogP contribution in [0.3, 0.4) is 0 Å². The van der Waals surface area contributed by atoms with Crippen molar-refractivity contribution in [3.63, 3.8) is 0 Å². The minimum absolute atomic E-state index is 0. The van der Waals surface area contributed by atoms with Crippen molar-refractivity contribution in [2.45, 2.75) is 0 Å². The molecule has 0 aliphatic rings. The molecule has 0 fully saturated rings. The van der Waals surface area contributed by atoms with Crippen LogP contribution in [0.5, 0.6) is 0 Å². The Morgan fingerprint density at radius 3 is 2.17 bits per heavy atom. The molecule has 0 unspecified atom stereocenters. The lowest BCUT2D eigenvalue weighted by molar-refractivity contribution is 1.26. The molecule has 0 radical (unpaired) electrons. The van der Waals surface area contributed by atoms with E-state index in [4.69, 9.17) is 17.3 Å². The van der Waals surface area contributed by atoms with Gasteiger partial charge in [0.15, 0.2) is 0 Å². The predicted octanol–water partition coefficient (Wildman–Crippen LogP) is 1.12. The van der Waals surface area contributed by atoms with Crippen molar-refractivity contribution in [3.05, 3.63) is 11.6 Å². The number of hydrogen-bond acceptors (Lipinski definition) is 1. The summed E-state index contributed by atoms with van der Waals surface area (Å²) < 4.78 is 0. The van der Waals surface area contributed by atoms with Crippen LogP contribution in [-0.2, 0) is 0 Å². The van der Waals surface area contributed by atoms with Gasteiger partial charge in [-0.2, -0.15) is 0 Å². The SMILES string of the molecule is Cl.NC/C=C/Cl. The van der Waals surface area contributed by atoms with Gasteiger partial charge in [-0.25, -0.2) is 0 Å². The largest absolute Gasteiger partial charge is 0.327 e. The zero-order valence-electron chi connectivity index (χ0n) is 3.23. The van der Waals surface area contributed by atoms with Gasteiger partial charge >= 0.3 is 0 Å². The lowest BCUT2D eigenvalue weighted by atomic mass is 10.7. The quantitative estimate of drug-likeness (QED) is 0.562. The van der Waals surface area contributed by atoms with Gasteiger partial charge < -0.3 is 5.73 Å². The van der Waals surface area contributed by atoms with Crippen molar-refractivity contribution in [2.75, 3.05) is 6.54 Å². The molecular formula is C3H7Cl2N.